The van der Waals surface area contributed by atoms with Crippen molar-refractivity contribution in [2.45, 2.75) is 52.0 Å². The van der Waals surface area contributed by atoms with Gasteiger partial charge in [0.1, 0.15) is 0 Å². The molecule has 3 N–H and O–H groups in total. The molecule has 0 radical (unpaired) electrons. The molecule has 106 valence electrons. The third-order valence-electron chi connectivity index (χ3n) is 4.40. The van der Waals surface area contributed by atoms with E-state index >= 15 is 0 Å². The number of piperidine rings is 1. The van der Waals surface area contributed by atoms with E-state index < -0.39 is 0 Å². The molecule has 2 heteroatoms. The Morgan fingerprint density at radius 1 is 1.21 bits per heavy atom. The normalized spacial score (nSPS) is 19.4. The van der Waals surface area contributed by atoms with E-state index in [4.69, 9.17) is 5.73 Å². The maximum absolute atomic E-state index is 6.55. The zero-order chi connectivity index (χ0) is 14.0. The van der Waals surface area contributed by atoms with Crippen LogP contribution >= 0.6 is 0 Å². The molecule has 1 fully saturated rings. The summed E-state index contributed by atoms with van der Waals surface area (Å²) in [5, 5.41) is 3.42. The zero-order valence-electron chi connectivity index (χ0n) is 12.8. The molecule has 19 heavy (non-hydrogen) atoms. The smallest absolute Gasteiger partial charge is 0.0327 e. The molecule has 1 atom stereocenters. The number of nitrogens with two attached hydrogens (primary N) is 1. The van der Waals surface area contributed by atoms with Gasteiger partial charge in [-0.1, -0.05) is 39.0 Å². The summed E-state index contributed by atoms with van der Waals surface area (Å²) in [5.74, 6) is 0.621. The highest BCUT2D eigenvalue weighted by Gasteiger charge is 2.24. The van der Waals surface area contributed by atoms with Crippen LogP contribution in [0.15, 0.2) is 18.2 Å². The van der Waals surface area contributed by atoms with Gasteiger partial charge in [-0.3, -0.25) is 0 Å². The van der Waals surface area contributed by atoms with Crippen molar-refractivity contribution in [3.63, 3.8) is 0 Å². The number of nitrogens with one attached hydrogen (secondary N) is 1. The molecule has 2 nitrogen and oxygen atoms in total. The van der Waals surface area contributed by atoms with Crippen LogP contribution in [0.5, 0.6) is 0 Å². The standard InChI is InChI=1S/C17H28N2/c1-12-5-6-14(17(2,3)4)11-15(12)16(18)13-7-9-19-10-8-13/h5-6,11,13,16,19H,7-10,18H2,1-4H3. The molecule has 1 unspecified atom stereocenters. The third kappa shape index (κ3) is 3.37. The van der Waals surface area contributed by atoms with Crippen molar-refractivity contribution < 1.29 is 0 Å². The van der Waals surface area contributed by atoms with E-state index in [0.717, 1.165) is 13.1 Å². The van der Waals surface area contributed by atoms with Crippen LogP contribution in [0, 0.1) is 12.8 Å². The number of benzene rings is 1. The number of rotatable bonds is 2. The van der Waals surface area contributed by atoms with Gasteiger partial charge in [-0.25, -0.2) is 0 Å². The summed E-state index contributed by atoms with van der Waals surface area (Å²) >= 11 is 0. The van der Waals surface area contributed by atoms with Gasteiger partial charge in [0.25, 0.3) is 0 Å². The van der Waals surface area contributed by atoms with E-state index in [9.17, 15) is 0 Å². The Balaban J connectivity index is 2.27. The molecule has 0 spiro atoms. The summed E-state index contributed by atoms with van der Waals surface area (Å²) in [7, 11) is 0. The Morgan fingerprint density at radius 3 is 2.42 bits per heavy atom. The predicted octanol–water partition coefficient (Wildman–Crippen LogP) is 3.29. The average Bonchev–Trinajstić information content (AvgIpc) is 2.38. The lowest BCUT2D eigenvalue weighted by atomic mass is 9.80. The van der Waals surface area contributed by atoms with Crippen molar-refractivity contribution in [1.82, 2.24) is 5.32 Å². The number of aryl methyl sites for hydroxylation is 1. The quantitative estimate of drug-likeness (QED) is 0.856. The first-order valence-corrected chi connectivity index (χ1v) is 7.47. The van der Waals surface area contributed by atoms with Gasteiger partial charge in [-0.15, -0.1) is 0 Å². The zero-order valence-corrected chi connectivity index (χ0v) is 12.8. The van der Waals surface area contributed by atoms with Gasteiger partial charge in [-0.2, -0.15) is 0 Å². The Bertz CT molecular complexity index is 425. The van der Waals surface area contributed by atoms with Crippen LogP contribution in [-0.4, -0.2) is 13.1 Å². The minimum Gasteiger partial charge on any atom is -0.324 e. The van der Waals surface area contributed by atoms with Gasteiger partial charge in [-0.05, 0) is 60.9 Å². The Labute approximate surface area is 117 Å². The predicted molar refractivity (Wildman–Crippen MR) is 82.4 cm³/mol. The highest BCUT2D eigenvalue weighted by atomic mass is 14.9. The van der Waals surface area contributed by atoms with E-state index in [-0.39, 0.29) is 11.5 Å². The SMILES string of the molecule is Cc1ccc(C(C)(C)C)cc1C(N)C1CCNCC1. The van der Waals surface area contributed by atoms with Crippen molar-refractivity contribution in [2.75, 3.05) is 13.1 Å². The maximum atomic E-state index is 6.55. The summed E-state index contributed by atoms with van der Waals surface area (Å²) in [6.45, 7) is 11.2. The van der Waals surface area contributed by atoms with Gasteiger partial charge in [0.2, 0.25) is 0 Å². The summed E-state index contributed by atoms with van der Waals surface area (Å²) in [5.41, 5.74) is 10.8. The summed E-state index contributed by atoms with van der Waals surface area (Å²) in [6.07, 6.45) is 2.39. The molecular formula is C17H28N2. The summed E-state index contributed by atoms with van der Waals surface area (Å²) in [4.78, 5) is 0. The lowest BCUT2D eigenvalue weighted by Crippen LogP contribution is -2.34. The van der Waals surface area contributed by atoms with Gasteiger partial charge >= 0.3 is 0 Å². The fourth-order valence-electron chi connectivity index (χ4n) is 2.92. The Morgan fingerprint density at radius 2 is 1.84 bits per heavy atom. The fraction of sp³-hybridized carbons (Fsp3) is 0.647. The monoisotopic (exact) mass is 260 g/mol. The summed E-state index contributed by atoms with van der Waals surface area (Å²) in [6, 6.07) is 7.00. The number of hydrogen-bond acceptors (Lipinski definition) is 2. The first-order valence-electron chi connectivity index (χ1n) is 7.47. The molecule has 2 rings (SSSR count). The minimum absolute atomic E-state index is 0.185. The molecule has 1 aliphatic heterocycles. The van der Waals surface area contributed by atoms with Crippen LogP contribution in [0.1, 0.15) is 56.3 Å². The van der Waals surface area contributed by atoms with Gasteiger partial charge in [0.05, 0.1) is 0 Å². The average molecular weight is 260 g/mol. The molecule has 1 aromatic rings. The van der Waals surface area contributed by atoms with Gasteiger partial charge < -0.3 is 11.1 Å². The second-order valence-corrected chi connectivity index (χ2v) is 6.93. The second kappa shape index (κ2) is 5.64. The maximum Gasteiger partial charge on any atom is 0.0327 e. The molecule has 1 saturated heterocycles. The molecule has 0 aliphatic carbocycles. The molecule has 0 saturated carbocycles. The molecular weight excluding hydrogens is 232 g/mol. The number of hydrogen-bond donors (Lipinski definition) is 2. The highest BCUT2D eigenvalue weighted by molar-refractivity contribution is 5.36. The molecule has 0 bridgehead atoms. The van der Waals surface area contributed by atoms with Crippen molar-refractivity contribution in [1.29, 1.82) is 0 Å². The fourth-order valence-corrected chi connectivity index (χ4v) is 2.92. The van der Waals surface area contributed by atoms with Gasteiger partial charge in [0.15, 0.2) is 0 Å². The molecule has 1 aliphatic rings. The lowest BCUT2D eigenvalue weighted by molar-refractivity contribution is 0.321. The third-order valence-corrected chi connectivity index (χ3v) is 4.40. The molecule has 0 aromatic heterocycles. The van der Waals surface area contributed by atoms with Crippen LogP contribution < -0.4 is 11.1 Å². The highest BCUT2D eigenvalue weighted by Crippen LogP contribution is 2.32. The van der Waals surface area contributed by atoms with Crippen molar-refractivity contribution in [3.05, 3.63) is 34.9 Å². The van der Waals surface area contributed by atoms with E-state index in [1.54, 1.807) is 0 Å². The second-order valence-electron chi connectivity index (χ2n) is 6.93. The summed E-state index contributed by atoms with van der Waals surface area (Å²) < 4.78 is 0. The Hall–Kier alpha value is -0.860. The molecule has 1 heterocycles. The van der Waals surface area contributed by atoms with E-state index in [1.165, 1.54) is 29.5 Å². The van der Waals surface area contributed by atoms with Crippen LogP contribution in [0.2, 0.25) is 0 Å². The molecule has 1 aromatic carbocycles. The largest absolute Gasteiger partial charge is 0.324 e. The van der Waals surface area contributed by atoms with Crippen LogP contribution in [0.4, 0.5) is 0 Å². The van der Waals surface area contributed by atoms with E-state index in [2.05, 4.69) is 51.2 Å². The van der Waals surface area contributed by atoms with E-state index in [1.807, 2.05) is 0 Å². The van der Waals surface area contributed by atoms with Crippen LogP contribution in [0.25, 0.3) is 0 Å². The van der Waals surface area contributed by atoms with Crippen molar-refractivity contribution in [3.8, 4) is 0 Å². The minimum atomic E-state index is 0.185. The van der Waals surface area contributed by atoms with Crippen LogP contribution in [-0.2, 0) is 5.41 Å². The van der Waals surface area contributed by atoms with Crippen LogP contribution in [0.3, 0.4) is 0 Å². The van der Waals surface area contributed by atoms with Crippen molar-refractivity contribution >= 4 is 0 Å². The van der Waals surface area contributed by atoms with E-state index in [0.29, 0.717) is 5.92 Å². The van der Waals surface area contributed by atoms with Crippen molar-refractivity contribution in [2.24, 2.45) is 11.7 Å². The molecule has 0 amide bonds. The lowest BCUT2D eigenvalue weighted by Gasteiger charge is -2.30. The first-order chi connectivity index (χ1) is 8.89. The van der Waals surface area contributed by atoms with Gasteiger partial charge in [0, 0.05) is 6.04 Å². The topological polar surface area (TPSA) is 38.0 Å². The Kier molecular flexibility index (Phi) is 4.32. The first kappa shape index (κ1) is 14.5.